The number of halogens is 1. The number of nitro groups is 1. The van der Waals surface area contributed by atoms with Crippen LogP contribution in [0.15, 0.2) is 34.1 Å². The lowest BCUT2D eigenvalue weighted by Gasteiger charge is -2.16. The molecule has 1 aromatic carbocycles. The smallest absolute Gasteiger partial charge is 0.271 e. The summed E-state index contributed by atoms with van der Waals surface area (Å²) >= 11 is 5.15. The Morgan fingerprint density at radius 3 is 2.74 bits per heavy atom. The van der Waals surface area contributed by atoms with Crippen molar-refractivity contribution in [1.29, 1.82) is 0 Å². The fourth-order valence-corrected chi connectivity index (χ4v) is 3.52. The summed E-state index contributed by atoms with van der Waals surface area (Å²) in [6.07, 6.45) is 0. The van der Waals surface area contributed by atoms with E-state index in [4.69, 9.17) is 0 Å². The fourth-order valence-electron chi connectivity index (χ4n) is 1.79. The van der Waals surface area contributed by atoms with Crippen LogP contribution >= 0.6 is 27.3 Å². The molecule has 1 atom stereocenters. The number of nitrogens with one attached hydrogen (secondary N) is 1. The minimum absolute atomic E-state index is 0.0927. The second kappa shape index (κ2) is 5.71. The highest BCUT2D eigenvalue weighted by Crippen LogP contribution is 2.32. The number of aryl methyl sites for hydroxylation is 1. The van der Waals surface area contributed by atoms with Gasteiger partial charge in [-0.3, -0.25) is 10.1 Å². The van der Waals surface area contributed by atoms with Crippen molar-refractivity contribution in [2.75, 3.05) is 5.32 Å². The molecule has 0 aliphatic rings. The van der Waals surface area contributed by atoms with Gasteiger partial charge in [-0.1, -0.05) is 6.07 Å². The predicted molar refractivity (Wildman–Crippen MR) is 81.9 cm³/mol. The molecule has 0 amide bonds. The van der Waals surface area contributed by atoms with Crippen LogP contribution in [0.25, 0.3) is 0 Å². The highest BCUT2D eigenvalue weighted by Gasteiger charge is 2.14. The van der Waals surface area contributed by atoms with Crippen molar-refractivity contribution in [2.45, 2.75) is 19.9 Å². The number of hydrogen-bond donors (Lipinski definition) is 1. The molecule has 1 heterocycles. The molecule has 1 unspecified atom stereocenters. The second-order valence-corrected chi connectivity index (χ2v) is 6.06. The van der Waals surface area contributed by atoms with Gasteiger partial charge in [0, 0.05) is 27.2 Å². The first-order valence-electron chi connectivity index (χ1n) is 5.73. The van der Waals surface area contributed by atoms with Crippen LogP contribution in [0.5, 0.6) is 0 Å². The summed E-state index contributed by atoms with van der Waals surface area (Å²) in [6.45, 7) is 3.97. The number of hydrogen-bond acceptors (Lipinski definition) is 4. The molecule has 2 aromatic rings. The lowest BCUT2D eigenvalue weighted by atomic mass is 10.1. The van der Waals surface area contributed by atoms with Crippen molar-refractivity contribution in [2.24, 2.45) is 0 Å². The SMILES string of the molecule is Cc1ccc([N+](=O)[O-])cc1NC(C)c1sccc1Br. The molecule has 0 fully saturated rings. The number of rotatable bonds is 4. The Morgan fingerprint density at radius 2 is 2.16 bits per heavy atom. The average molecular weight is 341 g/mol. The molecule has 2 rings (SSSR count). The molecule has 0 radical (unpaired) electrons. The summed E-state index contributed by atoms with van der Waals surface area (Å²) in [7, 11) is 0. The number of benzene rings is 1. The normalized spacial score (nSPS) is 12.2. The van der Waals surface area contributed by atoms with Crippen LogP contribution in [0.3, 0.4) is 0 Å². The van der Waals surface area contributed by atoms with Crippen molar-refractivity contribution in [3.05, 3.63) is 54.7 Å². The molecule has 0 spiro atoms. The molecule has 4 nitrogen and oxygen atoms in total. The van der Waals surface area contributed by atoms with Gasteiger partial charge in [-0.05, 0) is 46.8 Å². The molecular weight excluding hydrogens is 328 g/mol. The maximum Gasteiger partial charge on any atom is 0.271 e. The van der Waals surface area contributed by atoms with Crippen LogP contribution in [-0.4, -0.2) is 4.92 Å². The van der Waals surface area contributed by atoms with E-state index >= 15 is 0 Å². The van der Waals surface area contributed by atoms with Crippen LogP contribution < -0.4 is 5.32 Å². The molecule has 0 bridgehead atoms. The van der Waals surface area contributed by atoms with E-state index in [2.05, 4.69) is 21.2 Å². The Bertz CT molecular complexity index is 612. The zero-order valence-corrected chi connectivity index (χ0v) is 12.9. The molecule has 100 valence electrons. The van der Waals surface area contributed by atoms with Gasteiger partial charge in [-0.15, -0.1) is 11.3 Å². The lowest BCUT2D eigenvalue weighted by Crippen LogP contribution is -2.07. The van der Waals surface area contributed by atoms with E-state index < -0.39 is 0 Å². The van der Waals surface area contributed by atoms with Gasteiger partial charge in [0.05, 0.1) is 11.0 Å². The van der Waals surface area contributed by atoms with E-state index in [1.54, 1.807) is 23.5 Å². The molecule has 6 heteroatoms. The monoisotopic (exact) mass is 340 g/mol. The van der Waals surface area contributed by atoms with Crippen molar-refractivity contribution in [3.8, 4) is 0 Å². The van der Waals surface area contributed by atoms with E-state index in [0.717, 1.165) is 15.7 Å². The molecule has 0 saturated carbocycles. The second-order valence-electron chi connectivity index (χ2n) is 4.26. The zero-order valence-electron chi connectivity index (χ0n) is 10.5. The summed E-state index contributed by atoms with van der Waals surface area (Å²) in [4.78, 5) is 11.6. The standard InChI is InChI=1S/C13H13BrN2O2S/c1-8-3-4-10(16(17)18)7-12(8)15-9(2)13-11(14)5-6-19-13/h3-7,9,15H,1-2H3. The van der Waals surface area contributed by atoms with E-state index in [1.165, 1.54) is 10.9 Å². The quantitative estimate of drug-likeness (QED) is 0.636. The van der Waals surface area contributed by atoms with Crippen LogP contribution in [-0.2, 0) is 0 Å². The van der Waals surface area contributed by atoms with Crippen LogP contribution in [0.1, 0.15) is 23.4 Å². The van der Waals surface area contributed by atoms with Crippen LogP contribution in [0, 0.1) is 17.0 Å². The highest BCUT2D eigenvalue weighted by molar-refractivity contribution is 9.10. The average Bonchev–Trinajstić information content (AvgIpc) is 2.78. The van der Waals surface area contributed by atoms with Crippen LogP contribution in [0.4, 0.5) is 11.4 Å². The van der Waals surface area contributed by atoms with E-state index in [9.17, 15) is 10.1 Å². The minimum Gasteiger partial charge on any atom is -0.377 e. The Hall–Kier alpha value is -1.40. The number of nitro benzene ring substituents is 1. The summed E-state index contributed by atoms with van der Waals surface area (Å²) in [5.74, 6) is 0. The Kier molecular flexibility index (Phi) is 4.21. The third-order valence-electron chi connectivity index (χ3n) is 2.84. The Labute approximate surface area is 123 Å². The summed E-state index contributed by atoms with van der Waals surface area (Å²) in [5, 5.41) is 16.1. The third-order valence-corrected chi connectivity index (χ3v) is 4.90. The third kappa shape index (κ3) is 3.13. The minimum atomic E-state index is -0.379. The fraction of sp³-hybridized carbons (Fsp3) is 0.231. The molecule has 0 aliphatic heterocycles. The predicted octanol–water partition coefficient (Wildman–Crippen LogP) is 4.90. The Morgan fingerprint density at radius 1 is 1.42 bits per heavy atom. The molecule has 1 N–H and O–H groups in total. The van der Waals surface area contributed by atoms with Gasteiger partial charge in [0.25, 0.3) is 5.69 Å². The van der Waals surface area contributed by atoms with Gasteiger partial charge in [0.15, 0.2) is 0 Å². The Balaban J connectivity index is 2.26. The topological polar surface area (TPSA) is 55.2 Å². The lowest BCUT2D eigenvalue weighted by molar-refractivity contribution is -0.384. The van der Waals surface area contributed by atoms with Gasteiger partial charge in [-0.2, -0.15) is 0 Å². The number of non-ortho nitro benzene ring substituents is 1. The highest BCUT2D eigenvalue weighted by atomic mass is 79.9. The molecule has 0 saturated heterocycles. The molecular formula is C13H13BrN2O2S. The zero-order chi connectivity index (χ0) is 14.0. The van der Waals surface area contributed by atoms with E-state index in [0.29, 0.717) is 0 Å². The van der Waals surface area contributed by atoms with Crippen molar-refractivity contribution < 1.29 is 4.92 Å². The van der Waals surface area contributed by atoms with Gasteiger partial charge in [0.2, 0.25) is 0 Å². The summed E-state index contributed by atoms with van der Waals surface area (Å²) < 4.78 is 1.06. The van der Waals surface area contributed by atoms with Crippen LogP contribution in [0.2, 0.25) is 0 Å². The maximum atomic E-state index is 10.8. The van der Waals surface area contributed by atoms with E-state index in [1.807, 2.05) is 25.3 Å². The van der Waals surface area contributed by atoms with Gasteiger partial charge in [0.1, 0.15) is 0 Å². The van der Waals surface area contributed by atoms with Crippen molar-refractivity contribution in [3.63, 3.8) is 0 Å². The number of anilines is 1. The maximum absolute atomic E-state index is 10.8. The number of nitrogens with zero attached hydrogens (tertiary/aromatic N) is 1. The first-order chi connectivity index (χ1) is 8.99. The van der Waals surface area contributed by atoms with E-state index in [-0.39, 0.29) is 16.7 Å². The number of thiophene rings is 1. The van der Waals surface area contributed by atoms with Gasteiger partial charge in [-0.25, -0.2) is 0 Å². The summed E-state index contributed by atoms with van der Waals surface area (Å²) in [6, 6.07) is 6.95. The summed E-state index contributed by atoms with van der Waals surface area (Å²) in [5.41, 5.74) is 1.89. The first-order valence-corrected chi connectivity index (χ1v) is 7.40. The van der Waals surface area contributed by atoms with Crippen molar-refractivity contribution in [1.82, 2.24) is 0 Å². The van der Waals surface area contributed by atoms with Gasteiger partial charge < -0.3 is 5.32 Å². The molecule has 19 heavy (non-hydrogen) atoms. The molecule has 0 aliphatic carbocycles. The van der Waals surface area contributed by atoms with Gasteiger partial charge >= 0.3 is 0 Å². The first kappa shape index (κ1) is 14.0. The largest absolute Gasteiger partial charge is 0.377 e. The molecule has 1 aromatic heterocycles. The van der Waals surface area contributed by atoms with Crippen molar-refractivity contribution >= 4 is 38.6 Å².